The molecule has 0 saturated heterocycles. The van der Waals surface area contributed by atoms with Gasteiger partial charge in [0.1, 0.15) is 11.1 Å². The summed E-state index contributed by atoms with van der Waals surface area (Å²) in [5, 5.41) is 8.63. The summed E-state index contributed by atoms with van der Waals surface area (Å²) in [4.78, 5) is 11.6. The molecule has 100 valence electrons. The minimum atomic E-state index is -0.772. The Bertz CT molecular complexity index is 396. The molecule has 1 N–H and O–H groups in total. The summed E-state index contributed by atoms with van der Waals surface area (Å²) < 4.78 is 13.3. The van der Waals surface area contributed by atoms with E-state index in [1.54, 1.807) is 18.2 Å². The van der Waals surface area contributed by atoms with Crippen LogP contribution >= 0.6 is 23.5 Å². The number of halogens is 1. The van der Waals surface area contributed by atoms with Crippen LogP contribution in [0, 0.1) is 11.7 Å². The molecule has 2 nitrogen and oxygen atoms in total. The van der Waals surface area contributed by atoms with Crippen LogP contribution in [0.15, 0.2) is 29.2 Å². The lowest BCUT2D eigenvalue weighted by molar-refractivity contribution is -0.137. The molecular weight excluding hydrogens is 271 g/mol. The van der Waals surface area contributed by atoms with E-state index in [1.165, 1.54) is 29.6 Å². The summed E-state index contributed by atoms with van der Waals surface area (Å²) >= 11 is 2.84. The molecule has 0 radical (unpaired) electrons. The van der Waals surface area contributed by atoms with Gasteiger partial charge in [-0.3, -0.25) is 4.79 Å². The lowest BCUT2D eigenvalue weighted by Gasteiger charge is -2.15. The van der Waals surface area contributed by atoms with Gasteiger partial charge in [0.05, 0.1) is 0 Å². The van der Waals surface area contributed by atoms with E-state index in [9.17, 15) is 9.18 Å². The predicted molar refractivity (Wildman–Crippen MR) is 75.8 cm³/mol. The number of aliphatic carboxylic acids is 1. The third kappa shape index (κ3) is 4.90. The number of thioether (sulfide) groups is 2. The molecule has 0 spiro atoms. The van der Waals surface area contributed by atoms with Crippen LogP contribution in [0.3, 0.4) is 0 Å². The maximum atomic E-state index is 13.3. The molecule has 0 aliphatic carbocycles. The van der Waals surface area contributed by atoms with Crippen molar-refractivity contribution in [3.63, 3.8) is 0 Å². The molecule has 0 heterocycles. The Morgan fingerprint density at radius 2 is 2.00 bits per heavy atom. The van der Waals surface area contributed by atoms with E-state index < -0.39 is 5.97 Å². The number of benzene rings is 1. The van der Waals surface area contributed by atoms with Gasteiger partial charge >= 0.3 is 5.97 Å². The molecule has 1 rings (SSSR count). The topological polar surface area (TPSA) is 37.3 Å². The first kappa shape index (κ1) is 15.4. The second kappa shape index (κ2) is 7.69. The molecular formula is C13H17FO2S2. The highest BCUT2D eigenvalue weighted by Gasteiger charge is 2.21. The van der Waals surface area contributed by atoms with E-state index in [4.69, 9.17) is 5.11 Å². The van der Waals surface area contributed by atoms with E-state index in [1.807, 2.05) is 13.8 Å². The van der Waals surface area contributed by atoms with E-state index >= 15 is 0 Å². The SMILES string of the molecule is CC(C)C(SCCSc1ccccc1F)C(=O)O. The molecule has 5 heteroatoms. The fourth-order valence-corrected chi connectivity index (χ4v) is 3.54. The lowest BCUT2D eigenvalue weighted by atomic mass is 10.1. The van der Waals surface area contributed by atoms with Crippen LogP contribution in [-0.2, 0) is 4.79 Å². The number of hydrogen-bond donors (Lipinski definition) is 1. The summed E-state index contributed by atoms with van der Waals surface area (Å²) in [6.07, 6.45) is 0. The van der Waals surface area contributed by atoms with Gasteiger partial charge in [-0.15, -0.1) is 23.5 Å². The molecule has 0 aliphatic rings. The monoisotopic (exact) mass is 288 g/mol. The fourth-order valence-electron chi connectivity index (χ4n) is 1.44. The van der Waals surface area contributed by atoms with Gasteiger partial charge in [-0.2, -0.15) is 0 Å². The van der Waals surface area contributed by atoms with Crippen molar-refractivity contribution in [2.75, 3.05) is 11.5 Å². The van der Waals surface area contributed by atoms with Crippen LogP contribution in [0.1, 0.15) is 13.8 Å². The van der Waals surface area contributed by atoms with E-state index in [2.05, 4.69) is 0 Å². The smallest absolute Gasteiger partial charge is 0.316 e. The summed E-state index contributed by atoms with van der Waals surface area (Å²) in [7, 11) is 0. The average molecular weight is 288 g/mol. The van der Waals surface area contributed by atoms with E-state index in [-0.39, 0.29) is 17.0 Å². The largest absolute Gasteiger partial charge is 0.480 e. The van der Waals surface area contributed by atoms with Crippen LogP contribution in [0.4, 0.5) is 4.39 Å². The highest BCUT2D eigenvalue weighted by atomic mass is 32.2. The van der Waals surface area contributed by atoms with Crippen LogP contribution in [0.2, 0.25) is 0 Å². The van der Waals surface area contributed by atoms with Crippen molar-refractivity contribution in [3.05, 3.63) is 30.1 Å². The Morgan fingerprint density at radius 1 is 1.33 bits per heavy atom. The molecule has 1 aromatic carbocycles. The van der Waals surface area contributed by atoms with Crippen LogP contribution in [0.25, 0.3) is 0 Å². The molecule has 0 fully saturated rings. The molecule has 0 aromatic heterocycles. The Balaban J connectivity index is 2.34. The standard InChI is InChI=1S/C13H17FO2S2/c1-9(2)12(13(15)16)18-8-7-17-11-6-4-3-5-10(11)14/h3-6,9,12H,7-8H2,1-2H3,(H,15,16). The molecule has 1 aromatic rings. The highest BCUT2D eigenvalue weighted by molar-refractivity contribution is 8.03. The third-order valence-electron chi connectivity index (χ3n) is 2.32. The van der Waals surface area contributed by atoms with Crippen LogP contribution in [0.5, 0.6) is 0 Å². The van der Waals surface area contributed by atoms with Crippen molar-refractivity contribution in [1.82, 2.24) is 0 Å². The second-order valence-electron chi connectivity index (χ2n) is 4.15. The van der Waals surface area contributed by atoms with Crippen molar-refractivity contribution in [1.29, 1.82) is 0 Å². The van der Waals surface area contributed by atoms with E-state index in [0.717, 1.165) is 0 Å². The lowest BCUT2D eigenvalue weighted by Crippen LogP contribution is -2.23. The number of carbonyl (C=O) groups is 1. The molecule has 0 amide bonds. The predicted octanol–water partition coefficient (Wildman–Crippen LogP) is 3.76. The summed E-state index contributed by atoms with van der Waals surface area (Å²) in [5.41, 5.74) is 0. The second-order valence-corrected chi connectivity index (χ2v) is 6.54. The van der Waals surface area contributed by atoms with Crippen molar-refractivity contribution >= 4 is 29.5 Å². The zero-order valence-electron chi connectivity index (χ0n) is 10.4. The first-order chi connectivity index (χ1) is 8.52. The Morgan fingerprint density at radius 3 is 2.56 bits per heavy atom. The zero-order valence-corrected chi connectivity index (χ0v) is 12.1. The van der Waals surface area contributed by atoms with Crippen molar-refractivity contribution in [3.8, 4) is 0 Å². The van der Waals surface area contributed by atoms with Gasteiger partial charge in [-0.1, -0.05) is 26.0 Å². The summed E-state index contributed by atoms with van der Waals surface area (Å²) in [6, 6.07) is 6.63. The normalized spacial score (nSPS) is 12.7. The molecule has 18 heavy (non-hydrogen) atoms. The molecule has 0 bridgehead atoms. The quantitative estimate of drug-likeness (QED) is 0.612. The first-order valence-electron chi connectivity index (χ1n) is 5.74. The van der Waals surface area contributed by atoms with Gasteiger partial charge in [0.2, 0.25) is 0 Å². The Labute approximate surface area is 115 Å². The van der Waals surface area contributed by atoms with Gasteiger partial charge in [0, 0.05) is 16.4 Å². The molecule has 0 saturated carbocycles. The molecule has 1 unspecified atom stereocenters. The fraction of sp³-hybridized carbons (Fsp3) is 0.462. The summed E-state index contributed by atoms with van der Waals surface area (Å²) in [6.45, 7) is 3.80. The number of carboxylic acids is 1. The first-order valence-corrected chi connectivity index (χ1v) is 7.77. The van der Waals surface area contributed by atoms with Gasteiger partial charge in [0.25, 0.3) is 0 Å². The van der Waals surface area contributed by atoms with Crippen molar-refractivity contribution in [2.24, 2.45) is 5.92 Å². The van der Waals surface area contributed by atoms with Gasteiger partial charge < -0.3 is 5.11 Å². The molecule has 0 aliphatic heterocycles. The zero-order chi connectivity index (χ0) is 13.5. The number of hydrogen-bond acceptors (Lipinski definition) is 3. The Kier molecular flexibility index (Phi) is 6.57. The van der Waals surface area contributed by atoms with Crippen LogP contribution in [-0.4, -0.2) is 27.8 Å². The third-order valence-corrected chi connectivity index (χ3v) is 5.18. The van der Waals surface area contributed by atoms with Crippen molar-refractivity contribution in [2.45, 2.75) is 24.0 Å². The van der Waals surface area contributed by atoms with Gasteiger partial charge in [-0.05, 0) is 18.1 Å². The highest BCUT2D eigenvalue weighted by Crippen LogP contribution is 2.25. The Hall–Kier alpha value is -0.680. The van der Waals surface area contributed by atoms with Gasteiger partial charge in [0.15, 0.2) is 0 Å². The average Bonchev–Trinajstić information content (AvgIpc) is 2.30. The van der Waals surface area contributed by atoms with E-state index in [0.29, 0.717) is 16.4 Å². The summed E-state index contributed by atoms with van der Waals surface area (Å²) in [5.74, 6) is 0.527. The molecule has 1 atom stereocenters. The van der Waals surface area contributed by atoms with Crippen molar-refractivity contribution < 1.29 is 14.3 Å². The van der Waals surface area contributed by atoms with Gasteiger partial charge in [-0.25, -0.2) is 4.39 Å². The maximum Gasteiger partial charge on any atom is 0.316 e. The minimum Gasteiger partial charge on any atom is -0.480 e. The number of carboxylic acid groups (broad SMARTS) is 1. The minimum absolute atomic E-state index is 0.103. The maximum absolute atomic E-state index is 13.3. The van der Waals surface area contributed by atoms with Crippen LogP contribution < -0.4 is 0 Å². The number of rotatable bonds is 7.